The van der Waals surface area contributed by atoms with Crippen LogP contribution in [-0.4, -0.2) is 35.1 Å². The second-order valence-electron chi connectivity index (χ2n) is 3.62. The van der Waals surface area contributed by atoms with Crippen molar-refractivity contribution in [3.05, 3.63) is 0 Å². The molecule has 0 aliphatic heterocycles. The topological polar surface area (TPSA) is 60.7 Å². The molecule has 3 N–H and O–H groups in total. The van der Waals surface area contributed by atoms with Crippen LogP contribution < -0.4 is 0 Å². The van der Waals surface area contributed by atoms with E-state index >= 15 is 0 Å². The first-order valence-electron chi connectivity index (χ1n) is 3.90. The smallest absolute Gasteiger partial charge is 0.0506 e. The molecule has 0 saturated carbocycles. The zero-order valence-electron chi connectivity index (χ0n) is 7.25. The van der Waals surface area contributed by atoms with Crippen molar-refractivity contribution in [3.8, 4) is 0 Å². The van der Waals surface area contributed by atoms with Gasteiger partial charge in [0.05, 0.1) is 13.2 Å². The van der Waals surface area contributed by atoms with Gasteiger partial charge in [0, 0.05) is 12.0 Å². The van der Waals surface area contributed by atoms with Crippen molar-refractivity contribution in [2.75, 3.05) is 19.8 Å². The predicted molar refractivity (Wildman–Crippen MR) is 43.1 cm³/mol. The highest BCUT2D eigenvalue weighted by atomic mass is 16.3. The van der Waals surface area contributed by atoms with Gasteiger partial charge in [-0.1, -0.05) is 13.8 Å². The number of rotatable bonds is 5. The van der Waals surface area contributed by atoms with E-state index in [1.165, 1.54) is 0 Å². The molecule has 1 atom stereocenters. The highest BCUT2D eigenvalue weighted by Gasteiger charge is 2.24. The quantitative estimate of drug-likeness (QED) is 0.533. The van der Waals surface area contributed by atoms with Crippen molar-refractivity contribution in [1.82, 2.24) is 0 Å². The summed E-state index contributed by atoms with van der Waals surface area (Å²) in [4.78, 5) is 0. The number of hydrogen-bond donors (Lipinski definition) is 3. The molecule has 0 heterocycles. The van der Waals surface area contributed by atoms with E-state index in [0.29, 0.717) is 6.42 Å². The summed E-state index contributed by atoms with van der Waals surface area (Å²) in [7, 11) is 0. The summed E-state index contributed by atoms with van der Waals surface area (Å²) in [6.07, 6.45) is 0.649. The van der Waals surface area contributed by atoms with E-state index in [1.807, 2.05) is 6.92 Å². The summed E-state index contributed by atoms with van der Waals surface area (Å²) >= 11 is 0. The second-order valence-corrected chi connectivity index (χ2v) is 3.62. The molecule has 0 fully saturated rings. The Morgan fingerprint density at radius 2 is 1.64 bits per heavy atom. The van der Waals surface area contributed by atoms with Crippen molar-refractivity contribution in [3.63, 3.8) is 0 Å². The number of aliphatic hydroxyl groups excluding tert-OH is 3. The van der Waals surface area contributed by atoms with Crippen LogP contribution in [0.3, 0.4) is 0 Å². The van der Waals surface area contributed by atoms with Gasteiger partial charge in [-0.15, -0.1) is 0 Å². The Bertz CT molecular complexity index is 99.5. The van der Waals surface area contributed by atoms with E-state index in [4.69, 9.17) is 15.3 Å². The van der Waals surface area contributed by atoms with Gasteiger partial charge in [-0.25, -0.2) is 0 Å². The highest BCUT2D eigenvalue weighted by molar-refractivity contribution is 4.74. The summed E-state index contributed by atoms with van der Waals surface area (Å²) in [6, 6.07) is 0. The minimum atomic E-state index is -0.442. The summed E-state index contributed by atoms with van der Waals surface area (Å²) < 4.78 is 0. The highest BCUT2D eigenvalue weighted by Crippen LogP contribution is 2.24. The normalized spacial score (nSPS) is 15.0. The van der Waals surface area contributed by atoms with Gasteiger partial charge in [0.15, 0.2) is 0 Å². The molecule has 0 aromatic heterocycles. The summed E-state index contributed by atoms with van der Waals surface area (Å²) in [5.41, 5.74) is -0.442. The van der Waals surface area contributed by atoms with Crippen LogP contribution in [0.5, 0.6) is 0 Å². The lowest BCUT2D eigenvalue weighted by Crippen LogP contribution is -2.29. The molecule has 0 bridgehead atoms. The van der Waals surface area contributed by atoms with E-state index < -0.39 is 5.41 Å². The van der Waals surface area contributed by atoms with Crippen molar-refractivity contribution >= 4 is 0 Å². The average Bonchev–Trinajstić information content (AvgIpc) is 2.04. The Labute approximate surface area is 67.7 Å². The Kier molecular flexibility index (Phi) is 4.65. The SMILES string of the molecule is CC(CO)CC(C)(CO)CO. The molecule has 0 amide bonds. The van der Waals surface area contributed by atoms with Gasteiger partial charge in [-0.05, 0) is 12.3 Å². The molecule has 68 valence electrons. The molecule has 0 saturated heterocycles. The third-order valence-corrected chi connectivity index (χ3v) is 1.92. The molecule has 3 heteroatoms. The molecular weight excluding hydrogens is 144 g/mol. The largest absolute Gasteiger partial charge is 0.396 e. The molecule has 3 nitrogen and oxygen atoms in total. The average molecular weight is 162 g/mol. The van der Waals surface area contributed by atoms with E-state index in [-0.39, 0.29) is 25.7 Å². The molecule has 11 heavy (non-hydrogen) atoms. The fourth-order valence-electron chi connectivity index (χ4n) is 1.08. The van der Waals surface area contributed by atoms with E-state index in [9.17, 15) is 0 Å². The first kappa shape index (κ1) is 10.9. The van der Waals surface area contributed by atoms with Gasteiger partial charge in [-0.2, -0.15) is 0 Å². The van der Waals surface area contributed by atoms with E-state index in [0.717, 1.165) is 0 Å². The van der Waals surface area contributed by atoms with Crippen molar-refractivity contribution in [2.45, 2.75) is 20.3 Å². The third-order valence-electron chi connectivity index (χ3n) is 1.92. The zero-order chi connectivity index (χ0) is 8.91. The first-order chi connectivity index (χ1) is 5.08. The summed E-state index contributed by atoms with van der Waals surface area (Å²) in [6.45, 7) is 3.74. The molecule has 0 aliphatic carbocycles. The molecule has 1 unspecified atom stereocenters. The summed E-state index contributed by atoms with van der Waals surface area (Å²) in [5, 5.41) is 26.5. The molecule has 0 radical (unpaired) electrons. The van der Waals surface area contributed by atoms with Crippen LogP contribution in [0.1, 0.15) is 20.3 Å². The molecule has 0 spiro atoms. The monoisotopic (exact) mass is 162 g/mol. The summed E-state index contributed by atoms with van der Waals surface area (Å²) in [5.74, 6) is 0.138. The van der Waals surface area contributed by atoms with Crippen LogP contribution in [0.4, 0.5) is 0 Å². The standard InChI is InChI=1S/C8H18O3/c1-7(4-9)3-8(2,5-10)6-11/h7,9-11H,3-6H2,1-2H3. The lowest BCUT2D eigenvalue weighted by molar-refractivity contribution is 0.0417. The molecule has 0 aromatic carbocycles. The van der Waals surface area contributed by atoms with Crippen molar-refractivity contribution in [1.29, 1.82) is 0 Å². The van der Waals surface area contributed by atoms with Gasteiger partial charge < -0.3 is 15.3 Å². The lowest BCUT2D eigenvalue weighted by atomic mass is 9.83. The zero-order valence-corrected chi connectivity index (χ0v) is 7.25. The molecular formula is C8H18O3. The maximum absolute atomic E-state index is 8.89. The van der Waals surface area contributed by atoms with Gasteiger partial charge in [0.1, 0.15) is 0 Å². The van der Waals surface area contributed by atoms with E-state index in [1.54, 1.807) is 6.92 Å². The Morgan fingerprint density at radius 1 is 1.18 bits per heavy atom. The first-order valence-corrected chi connectivity index (χ1v) is 3.90. The minimum Gasteiger partial charge on any atom is -0.396 e. The molecule has 0 aliphatic rings. The maximum Gasteiger partial charge on any atom is 0.0506 e. The maximum atomic E-state index is 8.89. The fourth-order valence-corrected chi connectivity index (χ4v) is 1.08. The lowest BCUT2D eigenvalue weighted by Gasteiger charge is -2.27. The van der Waals surface area contributed by atoms with Crippen molar-refractivity contribution < 1.29 is 15.3 Å². The minimum absolute atomic E-state index is 0.0339. The van der Waals surface area contributed by atoms with Crippen LogP contribution in [0.25, 0.3) is 0 Å². The van der Waals surface area contributed by atoms with Gasteiger partial charge in [-0.3, -0.25) is 0 Å². The van der Waals surface area contributed by atoms with Crippen molar-refractivity contribution in [2.24, 2.45) is 11.3 Å². The van der Waals surface area contributed by atoms with Crippen LogP contribution in [0.2, 0.25) is 0 Å². The molecule has 0 rings (SSSR count). The number of hydrogen-bond acceptors (Lipinski definition) is 3. The van der Waals surface area contributed by atoms with Crippen LogP contribution in [-0.2, 0) is 0 Å². The molecule has 0 aromatic rings. The van der Waals surface area contributed by atoms with Crippen LogP contribution in [0.15, 0.2) is 0 Å². The predicted octanol–water partition coefficient (Wildman–Crippen LogP) is -0.00420. The van der Waals surface area contributed by atoms with Crippen LogP contribution in [0, 0.1) is 11.3 Å². The number of aliphatic hydroxyl groups is 3. The Morgan fingerprint density at radius 3 is 1.91 bits per heavy atom. The van der Waals surface area contributed by atoms with Crippen LogP contribution >= 0.6 is 0 Å². The fraction of sp³-hybridized carbons (Fsp3) is 1.00. The van der Waals surface area contributed by atoms with E-state index in [2.05, 4.69) is 0 Å². The van der Waals surface area contributed by atoms with Gasteiger partial charge in [0.25, 0.3) is 0 Å². The third kappa shape index (κ3) is 3.70. The second kappa shape index (κ2) is 4.70. The Hall–Kier alpha value is -0.120. The Balaban J connectivity index is 3.86. The van der Waals surface area contributed by atoms with Gasteiger partial charge in [0.2, 0.25) is 0 Å². The van der Waals surface area contributed by atoms with Gasteiger partial charge >= 0.3 is 0 Å².